The number of hydrogen-bond acceptors (Lipinski definition) is 3. The smallest absolute Gasteiger partial charge is 0.138 e. The molecule has 1 N–H and O–H groups in total. The number of anilines is 2. The van der Waals surface area contributed by atoms with Crippen LogP contribution < -0.4 is 5.32 Å². The molecule has 0 atom stereocenters. The molecule has 1 aromatic heterocycles. The van der Waals surface area contributed by atoms with E-state index in [-0.39, 0.29) is 5.41 Å². The molecular formula is C16H19BrClN3. The van der Waals surface area contributed by atoms with Crippen molar-refractivity contribution >= 4 is 39.0 Å². The van der Waals surface area contributed by atoms with Crippen molar-refractivity contribution in [2.75, 3.05) is 5.32 Å². The van der Waals surface area contributed by atoms with Crippen molar-refractivity contribution in [1.82, 2.24) is 9.97 Å². The standard InChI is InChI=1S/C16H19BrClN3/c1-9-6-7-11(8-12(9)17)19-14-10(2)13(18)20-15(21-14)16(3,4)5/h6-8H,1-5H3,(H,19,20,21). The van der Waals surface area contributed by atoms with Crippen LogP contribution in [0.3, 0.4) is 0 Å². The SMILES string of the molecule is Cc1ccc(Nc2nc(C(C)(C)C)nc(Cl)c2C)cc1Br. The lowest BCUT2D eigenvalue weighted by Crippen LogP contribution is -2.17. The van der Waals surface area contributed by atoms with Gasteiger partial charge < -0.3 is 5.32 Å². The Morgan fingerprint density at radius 2 is 1.81 bits per heavy atom. The summed E-state index contributed by atoms with van der Waals surface area (Å²) in [5.41, 5.74) is 2.85. The average molecular weight is 369 g/mol. The second-order valence-corrected chi connectivity index (χ2v) is 7.36. The summed E-state index contributed by atoms with van der Waals surface area (Å²) in [6.45, 7) is 10.2. The first kappa shape index (κ1) is 16.2. The van der Waals surface area contributed by atoms with E-state index in [1.54, 1.807) is 0 Å². The molecule has 1 heterocycles. The Labute approximate surface area is 139 Å². The Bertz CT molecular complexity index is 678. The van der Waals surface area contributed by atoms with Gasteiger partial charge >= 0.3 is 0 Å². The minimum absolute atomic E-state index is 0.151. The molecule has 3 nitrogen and oxygen atoms in total. The average Bonchev–Trinajstić information content (AvgIpc) is 2.38. The van der Waals surface area contributed by atoms with Crippen molar-refractivity contribution in [2.45, 2.75) is 40.0 Å². The number of nitrogens with one attached hydrogen (secondary N) is 1. The highest BCUT2D eigenvalue weighted by molar-refractivity contribution is 9.10. The van der Waals surface area contributed by atoms with E-state index in [1.165, 1.54) is 5.56 Å². The van der Waals surface area contributed by atoms with E-state index in [0.717, 1.165) is 27.4 Å². The highest BCUT2D eigenvalue weighted by Gasteiger charge is 2.20. The zero-order chi connectivity index (χ0) is 15.8. The Kier molecular flexibility index (Phi) is 4.59. The van der Waals surface area contributed by atoms with Gasteiger partial charge in [-0.1, -0.05) is 54.4 Å². The summed E-state index contributed by atoms with van der Waals surface area (Å²) < 4.78 is 1.06. The minimum atomic E-state index is -0.151. The molecule has 21 heavy (non-hydrogen) atoms. The molecule has 0 amide bonds. The fourth-order valence-electron chi connectivity index (χ4n) is 1.75. The van der Waals surface area contributed by atoms with E-state index in [2.05, 4.69) is 65.0 Å². The molecule has 0 bridgehead atoms. The van der Waals surface area contributed by atoms with Gasteiger partial charge in [0.05, 0.1) is 0 Å². The van der Waals surface area contributed by atoms with Gasteiger partial charge in [0.25, 0.3) is 0 Å². The molecule has 0 unspecified atom stereocenters. The highest BCUT2D eigenvalue weighted by Crippen LogP contribution is 2.29. The number of halogens is 2. The Balaban J connectivity index is 2.43. The number of aromatic nitrogens is 2. The summed E-state index contributed by atoms with van der Waals surface area (Å²) in [4.78, 5) is 9.01. The van der Waals surface area contributed by atoms with Gasteiger partial charge in [0.15, 0.2) is 0 Å². The van der Waals surface area contributed by atoms with Gasteiger partial charge in [0.2, 0.25) is 0 Å². The van der Waals surface area contributed by atoms with E-state index in [1.807, 2.05) is 19.1 Å². The quantitative estimate of drug-likeness (QED) is 0.706. The third-order valence-corrected chi connectivity index (χ3v) is 4.41. The largest absolute Gasteiger partial charge is 0.340 e. The monoisotopic (exact) mass is 367 g/mol. The molecule has 2 rings (SSSR count). The van der Waals surface area contributed by atoms with Crippen LogP contribution in [0.25, 0.3) is 0 Å². The molecule has 0 saturated carbocycles. The first-order valence-electron chi connectivity index (χ1n) is 6.76. The van der Waals surface area contributed by atoms with Crippen LogP contribution in [0, 0.1) is 13.8 Å². The summed E-state index contributed by atoms with van der Waals surface area (Å²) in [6, 6.07) is 6.10. The predicted molar refractivity (Wildman–Crippen MR) is 92.6 cm³/mol. The van der Waals surface area contributed by atoms with Crippen LogP contribution in [0.2, 0.25) is 5.15 Å². The van der Waals surface area contributed by atoms with Gasteiger partial charge in [0, 0.05) is 21.1 Å². The summed E-state index contributed by atoms with van der Waals surface area (Å²) in [7, 11) is 0. The van der Waals surface area contributed by atoms with Crippen LogP contribution in [0.1, 0.15) is 37.7 Å². The van der Waals surface area contributed by atoms with E-state index in [9.17, 15) is 0 Å². The minimum Gasteiger partial charge on any atom is -0.340 e. The molecule has 0 aliphatic rings. The number of nitrogens with zero attached hydrogens (tertiary/aromatic N) is 2. The topological polar surface area (TPSA) is 37.8 Å². The molecule has 0 aliphatic carbocycles. The molecule has 0 saturated heterocycles. The summed E-state index contributed by atoms with van der Waals surface area (Å²) in [5, 5.41) is 3.82. The van der Waals surface area contributed by atoms with Crippen molar-refractivity contribution in [2.24, 2.45) is 0 Å². The maximum absolute atomic E-state index is 6.25. The lowest BCUT2D eigenvalue weighted by atomic mass is 9.95. The van der Waals surface area contributed by atoms with Crippen LogP contribution in [0.5, 0.6) is 0 Å². The number of benzene rings is 1. The van der Waals surface area contributed by atoms with E-state index >= 15 is 0 Å². The van der Waals surface area contributed by atoms with Crippen molar-refractivity contribution in [3.63, 3.8) is 0 Å². The van der Waals surface area contributed by atoms with Crippen LogP contribution in [0.4, 0.5) is 11.5 Å². The van der Waals surface area contributed by atoms with Crippen molar-refractivity contribution in [1.29, 1.82) is 0 Å². The zero-order valence-corrected chi connectivity index (χ0v) is 15.2. The second-order valence-electron chi connectivity index (χ2n) is 6.15. The molecule has 0 fully saturated rings. The summed E-state index contributed by atoms with van der Waals surface area (Å²) in [5.74, 6) is 1.47. The second kappa shape index (κ2) is 5.93. The molecule has 0 radical (unpaired) electrons. The van der Waals surface area contributed by atoms with Gasteiger partial charge in [0.1, 0.15) is 16.8 Å². The molecule has 112 valence electrons. The number of aryl methyl sites for hydroxylation is 1. The normalized spacial score (nSPS) is 11.6. The van der Waals surface area contributed by atoms with Gasteiger partial charge in [-0.15, -0.1) is 0 Å². The first-order valence-corrected chi connectivity index (χ1v) is 7.93. The van der Waals surface area contributed by atoms with Gasteiger partial charge in [-0.25, -0.2) is 9.97 Å². The summed E-state index contributed by atoms with van der Waals surface area (Å²) in [6.07, 6.45) is 0. The maximum atomic E-state index is 6.25. The van der Waals surface area contributed by atoms with Crippen LogP contribution in [-0.2, 0) is 5.41 Å². The lowest BCUT2D eigenvalue weighted by molar-refractivity contribution is 0.545. The van der Waals surface area contributed by atoms with Crippen molar-refractivity contribution < 1.29 is 0 Å². The third-order valence-electron chi connectivity index (χ3n) is 3.19. The van der Waals surface area contributed by atoms with E-state index in [4.69, 9.17) is 11.6 Å². The molecule has 0 aliphatic heterocycles. The van der Waals surface area contributed by atoms with Crippen molar-refractivity contribution in [3.8, 4) is 0 Å². The predicted octanol–water partition coefficient (Wildman–Crippen LogP) is 5.55. The molecule has 1 aromatic carbocycles. The summed E-state index contributed by atoms with van der Waals surface area (Å²) >= 11 is 9.79. The fourth-order valence-corrected chi connectivity index (χ4v) is 2.30. The first-order chi connectivity index (χ1) is 9.68. The van der Waals surface area contributed by atoms with Crippen molar-refractivity contribution in [3.05, 3.63) is 44.8 Å². The molecule has 2 aromatic rings. The van der Waals surface area contributed by atoms with Crippen LogP contribution in [-0.4, -0.2) is 9.97 Å². The van der Waals surface area contributed by atoms with Gasteiger partial charge in [-0.05, 0) is 31.5 Å². The third kappa shape index (κ3) is 3.74. The number of hydrogen-bond donors (Lipinski definition) is 1. The molecule has 5 heteroatoms. The Hall–Kier alpha value is -1.13. The van der Waals surface area contributed by atoms with Gasteiger partial charge in [-0.3, -0.25) is 0 Å². The number of rotatable bonds is 2. The Morgan fingerprint density at radius 1 is 1.14 bits per heavy atom. The zero-order valence-electron chi connectivity index (χ0n) is 12.9. The fraction of sp³-hybridized carbons (Fsp3) is 0.375. The maximum Gasteiger partial charge on any atom is 0.138 e. The van der Waals surface area contributed by atoms with Gasteiger partial charge in [-0.2, -0.15) is 0 Å². The molecular weight excluding hydrogens is 350 g/mol. The highest BCUT2D eigenvalue weighted by atomic mass is 79.9. The lowest BCUT2D eigenvalue weighted by Gasteiger charge is -2.19. The Morgan fingerprint density at radius 3 is 2.38 bits per heavy atom. The molecule has 0 spiro atoms. The van der Waals surface area contributed by atoms with Crippen LogP contribution >= 0.6 is 27.5 Å². The van der Waals surface area contributed by atoms with Crippen LogP contribution in [0.15, 0.2) is 22.7 Å². The van der Waals surface area contributed by atoms with E-state index in [0.29, 0.717) is 5.15 Å². The van der Waals surface area contributed by atoms with E-state index < -0.39 is 0 Å².